The maximum atomic E-state index is 9.74. The lowest BCUT2D eigenvalue weighted by atomic mass is 9.92. The smallest absolute Gasteiger partial charge is 0.231 e. The normalized spacial score (nSPS) is 14.0. The minimum Gasteiger partial charge on any atom is -0.496 e. The van der Waals surface area contributed by atoms with E-state index < -0.39 is 0 Å². The molecular formula is C17H18O4. The topological polar surface area (TPSA) is 47.9 Å². The van der Waals surface area contributed by atoms with E-state index in [2.05, 4.69) is 0 Å². The number of rotatable bonds is 5. The standard InChI is InChI=1S/C17H18O4/c1-19-15-5-3-2-4-14(15)13(10-18)8-12-6-7-16-17(9-12)21-11-20-16/h2-7,9,13,18H,8,10-11H2,1H3. The van der Waals surface area contributed by atoms with E-state index in [9.17, 15) is 5.11 Å². The van der Waals surface area contributed by atoms with Crippen LogP contribution in [-0.4, -0.2) is 25.6 Å². The van der Waals surface area contributed by atoms with Gasteiger partial charge < -0.3 is 19.3 Å². The Morgan fingerprint density at radius 2 is 1.95 bits per heavy atom. The Bertz CT molecular complexity index is 624. The Kier molecular flexibility index (Phi) is 3.97. The molecule has 1 atom stereocenters. The minimum absolute atomic E-state index is 0.0125. The van der Waals surface area contributed by atoms with Crippen molar-refractivity contribution < 1.29 is 19.3 Å². The molecule has 2 aromatic rings. The monoisotopic (exact) mass is 286 g/mol. The predicted molar refractivity (Wildman–Crippen MR) is 79.1 cm³/mol. The Balaban J connectivity index is 1.84. The molecule has 4 heteroatoms. The highest BCUT2D eigenvalue weighted by atomic mass is 16.7. The van der Waals surface area contributed by atoms with Crippen molar-refractivity contribution in [3.8, 4) is 17.2 Å². The first-order valence-electron chi connectivity index (χ1n) is 6.94. The first kappa shape index (κ1) is 13.8. The highest BCUT2D eigenvalue weighted by Crippen LogP contribution is 2.35. The summed E-state index contributed by atoms with van der Waals surface area (Å²) in [5.74, 6) is 2.33. The zero-order valence-corrected chi connectivity index (χ0v) is 11.9. The lowest BCUT2D eigenvalue weighted by Crippen LogP contribution is -2.09. The van der Waals surface area contributed by atoms with E-state index in [1.807, 2.05) is 42.5 Å². The van der Waals surface area contributed by atoms with Crippen molar-refractivity contribution in [2.24, 2.45) is 0 Å². The molecule has 3 rings (SSSR count). The molecule has 4 nitrogen and oxygen atoms in total. The summed E-state index contributed by atoms with van der Waals surface area (Å²) in [6.07, 6.45) is 0.716. The number of benzene rings is 2. The van der Waals surface area contributed by atoms with Gasteiger partial charge in [0.2, 0.25) is 6.79 Å². The summed E-state index contributed by atoms with van der Waals surface area (Å²) in [4.78, 5) is 0. The molecule has 0 saturated heterocycles. The van der Waals surface area contributed by atoms with Crippen LogP contribution < -0.4 is 14.2 Å². The van der Waals surface area contributed by atoms with Crippen LogP contribution in [0.4, 0.5) is 0 Å². The van der Waals surface area contributed by atoms with Gasteiger partial charge in [-0.1, -0.05) is 24.3 Å². The molecule has 1 aliphatic rings. The first-order valence-corrected chi connectivity index (χ1v) is 6.94. The van der Waals surface area contributed by atoms with Gasteiger partial charge in [0.05, 0.1) is 13.7 Å². The van der Waals surface area contributed by atoms with Gasteiger partial charge in [0.15, 0.2) is 11.5 Å². The van der Waals surface area contributed by atoms with Gasteiger partial charge in [-0.3, -0.25) is 0 Å². The van der Waals surface area contributed by atoms with Crippen LogP contribution in [0.5, 0.6) is 17.2 Å². The van der Waals surface area contributed by atoms with Crippen LogP contribution in [-0.2, 0) is 6.42 Å². The molecule has 0 bridgehead atoms. The molecule has 0 spiro atoms. The molecule has 110 valence electrons. The zero-order chi connectivity index (χ0) is 14.7. The van der Waals surface area contributed by atoms with Crippen LogP contribution in [0.15, 0.2) is 42.5 Å². The average Bonchev–Trinajstić information content (AvgIpc) is 3.00. The molecule has 0 fully saturated rings. The number of para-hydroxylation sites is 1. The van der Waals surface area contributed by atoms with Gasteiger partial charge >= 0.3 is 0 Å². The third-order valence-corrected chi connectivity index (χ3v) is 3.72. The molecule has 0 aliphatic carbocycles. The molecule has 0 aromatic heterocycles. The Hall–Kier alpha value is -2.20. The van der Waals surface area contributed by atoms with Gasteiger partial charge in [-0.2, -0.15) is 0 Å². The highest BCUT2D eigenvalue weighted by Gasteiger charge is 2.18. The molecular weight excluding hydrogens is 268 g/mol. The lowest BCUT2D eigenvalue weighted by molar-refractivity contribution is 0.174. The molecule has 21 heavy (non-hydrogen) atoms. The SMILES string of the molecule is COc1ccccc1C(CO)Cc1ccc2c(c1)OCO2. The second-order valence-corrected chi connectivity index (χ2v) is 5.01. The largest absolute Gasteiger partial charge is 0.496 e. The first-order chi connectivity index (χ1) is 10.3. The van der Waals surface area contributed by atoms with E-state index in [4.69, 9.17) is 14.2 Å². The van der Waals surface area contributed by atoms with E-state index in [-0.39, 0.29) is 19.3 Å². The average molecular weight is 286 g/mol. The summed E-state index contributed by atoms with van der Waals surface area (Å²) in [5.41, 5.74) is 2.12. The van der Waals surface area contributed by atoms with E-state index in [0.717, 1.165) is 28.4 Å². The fraction of sp³-hybridized carbons (Fsp3) is 0.294. The Labute approximate surface area is 123 Å². The molecule has 2 aromatic carbocycles. The third-order valence-electron chi connectivity index (χ3n) is 3.72. The van der Waals surface area contributed by atoms with Crippen LogP contribution in [0, 0.1) is 0 Å². The summed E-state index contributed by atoms with van der Waals surface area (Å²) >= 11 is 0. The van der Waals surface area contributed by atoms with Crippen LogP contribution in [0.2, 0.25) is 0 Å². The summed E-state index contributed by atoms with van der Waals surface area (Å²) in [7, 11) is 1.65. The van der Waals surface area contributed by atoms with Gasteiger partial charge in [-0.15, -0.1) is 0 Å². The second kappa shape index (κ2) is 6.06. The molecule has 1 heterocycles. The van der Waals surface area contributed by atoms with Crippen LogP contribution in [0.3, 0.4) is 0 Å². The number of ether oxygens (including phenoxy) is 3. The van der Waals surface area contributed by atoms with Gasteiger partial charge in [0.1, 0.15) is 5.75 Å². The van der Waals surface area contributed by atoms with Crippen LogP contribution >= 0.6 is 0 Å². The van der Waals surface area contributed by atoms with Crippen molar-refractivity contribution in [1.29, 1.82) is 0 Å². The maximum absolute atomic E-state index is 9.74. The predicted octanol–water partition coefficient (Wildman–Crippen LogP) is 2.74. The molecule has 0 saturated carbocycles. The number of hydrogen-bond acceptors (Lipinski definition) is 4. The van der Waals surface area contributed by atoms with Gasteiger partial charge in [-0.25, -0.2) is 0 Å². The molecule has 1 N–H and O–H groups in total. The summed E-state index contributed by atoms with van der Waals surface area (Å²) in [5, 5.41) is 9.74. The van der Waals surface area contributed by atoms with Gasteiger partial charge in [0.25, 0.3) is 0 Å². The summed E-state index contributed by atoms with van der Waals surface area (Å²) < 4.78 is 16.1. The van der Waals surface area contributed by atoms with Crippen molar-refractivity contribution in [1.82, 2.24) is 0 Å². The van der Waals surface area contributed by atoms with Crippen LogP contribution in [0.25, 0.3) is 0 Å². The van der Waals surface area contributed by atoms with Crippen molar-refractivity contribution in [3.63, 3.8) is 0 Å². The zero-order valence-electron chi connectivity index (χ0n) is 11.9. The Morgan fingerprint density at radius 1 is 1.14 bits per heavy atom. The van der Waals surface area contributed by atoms with E-state index in [1.165, 1.54) is 0 Å². The molecule has 1 aliphatic heterocycles. The number of methoxy groups -OCH3 is 1. The number of aliphatic hydroxyl groups excluding tert-OH is 1. The van der Waals surface area contributed by atoms with Crippen molar-refractivity contribution in [2.75, 3.05) is 20.5 Å². The second-order valence-electron chi connectivity index (χ2n) is 5.01. The minimum atomic E-state index is -0.0125. The quantitative estimate of drug-likeness (QED) is 0.918. The Morgan fingerprint density at radius 3 is 2.76 bits per heavy atom. The molecule has 0 radical (unpaired) electrons. The lowest BCUT2D eigenvalue weighted by Gasteiger charge is -2.18. The molecule has 0 amide bonds. The third kappa shape index (κ3) is 2.81. The number of hydrogen-bond donors (Lipinski definition) is 1. The van der Waals surface area contributed by atoms with Crippen LogP contribution in [0.1, 0.15) is 17.0 Å². The van der Waals surface area contributed by atoms with Gasteiger partial charge in [0, 0.05) is 5.92 Å². The highest BCUT2D eigenvalue weighted by molar-refractivity contribution is 5.45. The van der Waals surface area contributed by atoms with Crippen molar-refractivity contribution in [2.45, 2.75) is 12.3 Å². The fourth-order valence-corrected chi connectivity index (χ4v) is 2.63. The fourth-order valence-electron chi connectivity index (χ4n) is 2.63. The summed E-state index contributed by atoms with van der Waals surface area (Å²) in [6.45, 7) is 0.337. The van der Waals surface area contributed by atoms with Crippen molar-refractivity contribution in [3.05, 3.63) is 53.6 Å². The van der Waals surface area contributed by atoms with Crippen molar-refractivity contribution >= 4 is 0 Å². The molecule has 1 unspecified atom stereocenters. The van der Waals surface area contributed by atoms with E-state index >= 15 is 0 Å². The summed E-state index contributed by atoms with van der Waals surface area (Å²) in [6, 6.07) is 13.7. The van der Waals surface area contributed by atoms with Gasteiger partial charge in [-0.05, 0) is 35.7 Å². The maximum Gasteiger partial charge on any atom is 0.231 e. The number of fused-ring (bicyclic) bond motifs is 1. The number of aliphatic hydroxyl groups is 1. The van der Waals surface area contributed by atoms with E-state index in [1.54, 1.807) is 7.11 Å². The van der Waals surface area contributed by atoms with E-state index in [0.29, 0.717) is 6.42 Å².